The molecule has 1 aliphatic rings. The molecule has 0 heterocycles. The van der Waals surface area contributed by atoms with Crippen LogP contribution in [0.25, 0.3) is 0 Å². The molecule has 3 heteroatoms. The van der Waals surface area contributed by atoms with E-state index < -0.39 is 0 Å². The predicted octanol–water partition coefficient (Wildman–Crippen LogP) is 2.52. The van der Waals surface area contributed by atoms with Gasteiger partial charge in [-0.1, -0.05) is 23.2 Å². The second kappa shape index (κ2) is 4.56. The largest absolute Gasteiger partial charge is 0.380 e. The molecule has 0 unspecified atom stereocenters. The van der Waals surface area contributed by atoms with Gasteiger partial charge in [0, 0.05) is 0 Å². The maximum absolute atomic E-state index is 5.29. The highest BCUT2D eigenvalue weighted by molar-refractivity contribution is 6.17. The molecule has 0 aromatic rings. The van der Waals surface area contributed by atoms with Crippen LogP contribution in [0.2, 0.25) is 0 Å². The van der Waals surface area contributed by atoms with Crippen molar-refractivity contribution < 1.29 is 4.84 Å². The summed E-state index contributed by atoms with van der Waals surface area (Å²) in [6, 6.07) is 0.170. The standard InChI is InChI=1S/C7H12ClNO/c8-6-10-9-7-4-2-1-3-5-7/h1-6H2. The summed E-state index contributed by atoms with van der Waals surface area (Å²) in [7, 11) is 0. The van der Waals surface area contributed by atoms with E-state index in [9.17, 15) is 0 Å². The van der Waals surface area contributed by atoms with Crippen molar-refractivity contribution in [2.75, 3.05) is 6.07 Å². The Bertz CT molecular complexity index is 117. The van der Waals surface area contributed by atoms with Gasteiger partial charge in [0.05, 0.1) is 5.71 Å². The Kier molecular flexibility index (Phi) is 3.58. The van der Waals surface area contributed by atoms with E-state index in [1.54, 1.807) is 0 Å². The molecule has 0 N–H and O–H groups in total. The Labute approximate surface area is 66.2 Å². The van der Waals surface area contributed by atoms with Crippen molar-refractivity contribution in [2.45, 2.75) is 32.1 Å². The first kappa shape index (κ1) is 7.86. The molecule has 1 saturated carbocycles. The molecule has 0 atom stereocenters. The average molecular weight is 162 g/mol. The highest BCUT2D eigenvalue weighted by Gasteiger charge is 2.06. The summed E-state index contributed by atoms with van der Waals surface area (Å²) in [5, 5.41) is 3.89. The van der Waals surface area contributed by atoms with Gasteiger partial charge in [0.25, 0.3) is 0 Å². The van der Waals surface area contributed by atoms with Crippen LogP contribution in [0.3, 0.4) is 0 Å². The normalized spacial score (nSPS) is 18.7. The highest BCUT2D eigenvalue weighted by Crippen LogP contribution is 2.14. The van der Waals surface area contributed by atoms with Crippen LogP contribution >= 0.6 is 11.6 Å². The third-order valence-corrected chi connectivity index (χ3v) is 1.77. The van der Waals surface area contributed by atoms with Crippen molar-refractivity contribution in [1.29, 1.82) is 0 Å². The number of alkyl halides is 1. The fraction of sp³-hybridized carbons (Fsp3) is 0.857. The van der Waals surface area contributed by atoms with Crippen molar-refractivity contribution in [2.24, 2.45) is 5.16 Å². The molecule has 1 aliphatic carbocycles. The predicted molar refractivity (Wildman–Crippen MR) is 42.3 cm³/mol. The molecular formula is C7H12ClNO. The smallest absolute Gasteiger partial charge is 0.190 e. The Hall–Kier alpha value is -0.240. The Balaban J connectivity index is 2.23. The topological polar surface area (TPSA) is 21.6 Å². The van der Waals surface area contributed by atoms with Crippen molar-refractivity contribution in [1.82, 2.24) is 0 Å². The minimum atomic E-state index is 0.170. The molecule has 0 bridgehead atoms. The molecule has 1 fully saturated rings. The van der Waals surface area contributed by atoms with Gasteiger partial charge in [-0.25, -0.2) is 0 Å². The molecule has 0 aromatic heterocycles. The first-order valence-electron chi connectivity index (χ1n) is 3.67. The highest BCUT2D eigenvalue weighted by atomic mass is 35.5. The minimum absolute atomic E-state index is 0.170. The van der Waals surface area contributed by atoms with E-state index in [1.807, 2.05) is 0 Å². The molecule has 0 amide bonds. The Morgan fingerprint density at radius 1 is 1.30 bits per heavy atom. The SMILES string of the molecule is ClCON=C1CCCCC1. The summed E-state index contributed by atoms with van der Waals surface area (Å²) in [6.07, 6.45) is 6.03. The van der Waals surface area contributed by atoms with Gasteiger partial charge in [-0.2, -0.15) is 0 Å². The van der Waals surface area contributed by atoms with Crippen LogP contribution < -0.4 is 0 Å². The van der Waals surface area contributed by atoms with Gasteiger partial charge in [-0.15, -0.1) is 0 Å². The fourth-order valence-electron chi connectivity index (χ4n) is 1.17. The zero-order valence-electron chi connectivity index (χ0n) is 5.98. The van der Waals surface area contributed by atoms with E-state index >= 15 is 0 Å². The van der Waals surface area contributed by atoms with Crippen LogP contribution in [-0.4, -0.2) is 11.8 Å². The molecule has 0 aliphatic heterocycles. The second-order valence-corrected chi connectivity index (χ2v) is 2.67. The van der Waals surface area contributed by atoms with E-state index in [1.165, 1.54) is 25.0 Å². The zero-order valence-corrected chi connectivity index (χ0v) is 6.73. The Morgan fingerprint density at radius 3 is 2.60 bits per heavy atom. The van der Waals surface area contributed by atoms with Crippen molar-refractivity contribution >= 4 is 17.3 Å². The van der Waals surface area contributed by atoms with E-state index in [0.717, 1.165) is 12.8 Å². The summed E-state index contributed by atoms with van der Waals surface area (Å²) < 4.78 is 0. The zero-order chi connectivity index (χ0) is 7.23. The van der Waals surface area contributed by atoms with E-state index in [0.29, 0.717) is 0 Å². The van der Waals surface area contributed by atoms with Crippen molar-refractivity contribution in [3.05, 3.63) is 0 Å². The quantitative estimate of drug-likeness (QED) is 0.451. The van der Waals surface area contributed by atoms with Gasteiger partial charge in [-0.3, -0.25) is 0 Å². The lowest BCUT2D eigenvalue weighted by Gasteiger charge is -2.10. The monoisotopic (exact) mass is 161 g/mol. The van der Waals surface area contributed by atoms with Gasteiger partial charge in [0.1, 0.15) is 0 Å². The second-order valence-electron chi connectivity index (χ2n) is 2.46. The number of halogens is 1. The van der Waals surface area contributed by atoms with E-state index in [2.05, 4.69) is 5.16 Å². The van der Waals surface area contributed by atoms with Crippen molar-refractivity contribution in [3.8, 4) is 0 Å². The van der Waals surface area contributed by atoms with Gasteiger partial charge in [-0.05, 0) is 25.7 Å². The number of hydrogen-bond acceptors (Lipinski definition) is 2. The van der Waals surface area contributed by atoms with Crippen LogP contribution in [0.15, 0.2) is 5.16 Å². The van der Waals surface area contributed by atoms with E-state index in [-0.39, 0.29) is 6.07 Å². The molecule has 0 saturated heterocycles. The van der Waals surface area contributed by atoms with Gasteiger partial charge < -0.3 is 4.84 Å². The summed E-state index contributed by atoms with van der Waals surface area (Å²) in [4.78, 5) is 4.73. The summed E-state index contributed by atoms with van der Waals surface area (Å²) in [5.74, 6) is 0. The summed E-state index contributed by atoms with van der Waals surface area (Å²) in [6.45, 7) is 0. The van der Waals surface area contributed by atoms with E-state index in [4.69, 9.17) is 16.4 Å². The number of oxime groups is 1. The molecule has 2 nitrogen and oxygen atoms in total. The molecule has 1 rings (SSSR count). The lowest BCUT2D eigenvalue weighted by atomic mass is 9.99. The average Bonchev–Trinajstić information content (AvgIpc) is 2.03. The lowest BCUT2D eigenvalue weighted by molar-refractivity contribution is 0.190. The molecule has 10 heavy (non-hydrogen) atoms. The molecule has 0 radical (unpaired) electrons. The van der Waals surface area contributed by atoms with Crippen LogP contribution in [-0.2, 0) is 4.84 Å². The van der Waals surface area contributed by atoms with Crippen LogP contribution in [0.1, 0.15) is 32.1 Å². The first-order valence-corrected chi connectivity index (χ1v) is 4.20. The van der Waals surface area contributed by atoms with Gasteiger partial charge >= 0.3 is 0 Å². The maximum Gasteiger partial charge on any atom is 0.190 e. The maximum atomic E-state index is 5.29. The summed E-state index contributed by atoms with van der Waals surface area (Å²) >= 11 is 5.29. The van der Waals surface area contributed by atoms with Crippen molar-refractivity contribution in [3.63, 3.8) is 0 Å². The third-order valence-electron chi connectivity index (χ3n) is 1.67. The molecular weight excluding hydrogens is 150 g/mol. The summed E-state index contributed by atoms with van der Waals surface area (Å²) in [5.41, 5.74) is 1.17. The van der Waals surface area contributed by atoms with Gasteiger partial charge in [0.2, 0.25) is 0 Å². The molecule has 58 valence electrons. The molecule has 0 spiro atoms. The van der Waals surface area contributed by atoms with Crippen LogP contribution in [0.4, 0.5) is 0 Å². The molecule has 0 aromatic carbocycles. The Morgan fingerprint density at radius 2 is 2.00 bits per heavy atom. The third kappa shape index (κ3) is 2.56. The van der Waals surface area contributed by atoms with Crippen LogP contribution in [0.5, 0.6) is 0 Å². The number of nitrogens with zero attached hydrogens (tertiary/aromatic N) is 1. The fourth-order valence-corrected chi connectivity index (χ4v) is 1.22. The number of rotatable bonds is 2. The van der Waals surface area contributed by atoms with Gasteiger partial charge in [0.15, 0.2) is 6.07 Å². The minimum Gasteiger partial charge on any atom is -0.380 e. The van der Waals surface area contributed by atoms with Crippen LogP contribution in [0, 0.1) is 0 Å². The number of hydrogen-bond donors (Lipinski definition) is 0. The lowest BCUT2D eigenvalue weighted by Crippen LogP contribution is -2.04. The first-order chi connectivity index (χ1) is 4.93.